The van der Waals surface area contributed by atoms with Crippen molar-refractivity contribution in [3.8, 4) is 5.69 Å². The molecule has 2 aliphatic carbocycles. The van der Waals surface area contributed by atoms with Crippen LogP contribution in [0.15, 0.2) is 23.0 Å². The van der Waals surface area contributed by atoms with Crippen LogP contribution in [-0.4, -0.2) is 9.36 Å². The first kappa shape index (κ1) is 14.7. The van der Waals surface area contributed by atoms with Crippen molar-refractivity contribution in [3.05, 3.63) is 51.4 Å². The van der Waals surface area contributed by atoms with Crippen molar-refractivity contribution in [1.29, 1.82) is 0 Å². The summed E-state index contributed by atoms with van der Waals surface area (Å²) < 4.78 is 30.8. The van der Waals surface area contributed by atoms with Crippen molar-refractivity contribution in [1.82, 2.24) is 9.36 Å². The molecule has 0 radical (unpaired) electrons. The Morgan fingerprint density at radius 2 is 1.91 bits per heavy atom. The second-order valence-corrected chi connectivity index (χ2v) is 7.64. The van der Waals surface area contributed by atoms with E-state index >= 15 is 0 Å². The number of halogens is 2. The number of benzene rings is 1. The summed E-state index contributed by atoms with van der Waals surface area (Å²) in [6, 6.07) is 3.21. The second kappa shape index (κ2) is 4.13. The maximum Gasteiger partial charge on any atom is 0.275 e. The molecule has 5 heteroatoms. The summed E-state index contributed by atoms with van der Waals surface area (Å²) in [6.45, 7) is 6.60. The SMILES string of the molecule is Cn1c2c(c(=O)n1-c1cc(F)ccc1F)[C@H]1CC[C@]2(C)C1(C)C. The lowest BCUT2D eigenvalue weighted by Gasteiger charge is -2.36. The molecule has 0 N–H and O–H groups in total. The van der Waals surface area contributed by atoms with Gasteiger partial charge in [-0.2, -0.15) is 0 Å². The average Bonchev–Trinajstić information content (AvgIpc) is 2.94. The molecule has 4 rings (SSSR count). The van der Waals surface area contributed by atoms with Gasteiger partial charge in [0.25, 0.3) is 5.56 Å². The lowest BCUT2D eigenvalue weighted by molar-refractivity contribution is 0.217. The normalized spacial score (nSPS) is 27.5. The van der Waals surface area contributed by atoms with E-state index in [1.807, 2.05) is 0 Å². The van der Waals surface area contributed by atoms with Crippen LogP contribution in [0.1, 0.15) is 50.8 Å². The van der Waals surface area contributed by atoms with Crippen LogP contribution < -0.4 is 5.56 Å². The highest BCUT2D eigenvalue weighted by atomic mass is 19.1. The molecular formula is C18H20F2N2O. The Hall–Kier alpha value is -1.91. The molecule has 3 nitrogen and oxygen atoms in total. The van der Waals surface area contributed by atoms with Gasteiger partial charge >= 0.3 is 0 Å². The number of rotatable bonds is 1. The summed E-state index contributed by atoms with van der Waals surface area (Å²) in [7, 11) is 1.77. The Bertz CT molecular complexity index is 893. The highest BCUT2D eigenvalue weighted by Crippen LogP contribution is 2.66. The van der Waals surface area contributed by atoms with Crippen molar-refractivity contribution in [2.24, 2.45) is 12.5 Å². The summed E-state index contributed by atoms with van der Waals surface area (Å²) in [5.41, 5.74) is 1.42. The van der Waals surface area contributed by atoms with E-state index in [9.17, 15) is 13.6 Å². The third-order valence-corrected chi connectivity index (χ3v) is 6.54. The molecule has 1 fully saturated rings. The van der Waals surface area contributed by atoms with Crippen LogP contribution in [0.3, 0.4) is 0 Å². The summed E-state index contributed by atoms with van der Waals surface area (Å²) >= 11 is 0. The fraction of sp³-hybridized carbons (Fsp3) is 0.500. The highest BCUT2D eigenvalue weighted by molar-refractivity contribution is 5.47. The van der Waals surface area contributed by atoms with E-state index in [0.717, 1.165) is 42.3 Å². The van der Waals surface area contributed by atoms with Gasteiger partial charge in [-0.25, -0.2) is 13.5 Å². The molecule has 0 saturated heterocycles. The van der Waals surface area contributed by atoms with Crippen LogP contribution in [0, 0.1) is 17.0 Å². The minimum atomic E-state index is -0.593. The van der Waals surface area contributed by atoms with Gasteiger partial charge < -0.3 is 0 Å². The summed E-state index contributed by atoms with van der Waals surface area (Å²) in [5, 5.41) is 0. The van der Waals surface area contributed by atoms with Gasteiger partial charge in [-0.05, 0) is 36.3 Å². The molecule has 0 amide bonds. The van der Waals surface area contributed by atoms with Crippen molar-refractivity contribution < 1.29 is 8.78 Å². The lowest BCUT2D eigenvalue weighted by atomic mass is 9.70. The molecule has 2 bridgehead atoms. The van der Waals surface area contributed by atoms with Crippen LogP contribution >= 0.6 is 0 Å². The molecule has 1 aromatic carbocycles. The smallest absolute Gasteiger partial charge is 0.275 e. The molecule has 2 aromatic rings. The van der Waals surface area contributed by atoms with Crippen molar-refractivity contribution in [2.75, 3.05) is 0 Å². The molecule has 1 aromatic heterocycles. The molecule has 2 aliphatic rings. The zero-order valence-corrected chi connectivity index (χ0v) is 13.8. The molecule has 23 heavy (non-hydrogen) atoms. The minimum absolute atomic E-state index is 0.00809. The van der Waals surface area contributed by atoms with Gasteiger partial charge in [-0.1, -0.05) is 20.8 Å². The zero-order chi connectivity index (χ0) is 16.7. The van der Waals surface area contributed by atoms with Crippen LogP contribution in [-0.2, 0) is 12.5 Å². The maximum atomic E-state index is 14.2. The van der Waals surface area contributed by atoms with Crippen LogP contribution in [0.5, 0.6) is 0 Å². The highest BCUT2D eigenvalue weighted by Gasteiger charge is 2.62. The predicted octanol–water partition coefficient (Wildman–Crippen LogP) is 3.63. The number of aromatic nitrogens is 2. The molecule has 2 atom stereocenters. The van der Waals surface area contributed by atoms with E-state index in [1.165, 1.54) is 4.68 Å². The van der Waals surface area contributed by atoms with E-state index in [2.05, 4.69) is 20.8 Å². The van der Waals surface area contributed by atoms with E-state index in [-0.39, 0.29) is 28.0 Å². The van der Waals surface area contributed by atoms with E-state index < -0.39 is 11.6 Å². The standard InChI is InChI=1S/C18H20F2N2O/c1-17(2)11-7-8-18(17,3)15-14(11)16(23)22(21(15)4)13-9-10(19)5-6-12(13)20/h5-6,9,11H,7-8H2,1-4H3/t11-,18+/m1/s1. The molecule has 0 aliphatic heterocycles. The largest absolute Gasteiger partial charge is 0.284 e. The molecule has 0 unspecified atom stereocenters. The van der Waals surface area contributed by atoms with Gasteiger partial charge in [0.15, 0.2) is 0 Å². The average molecular weight is 318 g/mol. The quantitative estimate of drug-likeness (QED) is 0.789. The number of hydrogen-bond acceptors (Lipinski definition) is 1. The molecule has 0 spiro atoms. The van der Waals surface area contributed by atoms with E-state index in [0.29, 0.717) is 0 Å². The Morgan fingerprint density at radius 1 is 1.22 bits per heavy atom. The first-order valence-electron chi connectivity index (χ1n) is 7.98. The molecule has 122 valence electrons. The van der Waals surface area contributed by atoms with Crippen molar-refractivity contribution in [3.63, 3.8) is 0 Å². The van der Waals surface area contributed by atoms with Crippen molar-refractivity contribution in [2.45, 2.75) is 44.9 Å². The van der Waals surface area contributed by atoms with Gasteiger partial charge in [0.2, 0.25) is 0 Å². The predicted molar refractivity (Wildman–Crippen MR) is 84.0 cm³/mol. The van der Waals surface area contributed by atoms with E-state index in [4.69, 9.17) is 0 Å². The topological polar surface area (TPSA) is 26.9 Å². The summed E-state index contributed by atoms with van der Waals surface area (Å²) in [4.78, 5) is 13.0. The zero-order valence-electron chi connectivity index (χ0n) is 13.8. The van der Waals surface area contributed by atoms with Crippen LogP contribution in [0.25, 0.3) is 5.69 Å². The van der Waals surface area contributed by atoms with Gasteiger partial charge in [-0.15, -0.1) is 0 Å². The Balaban J connectivity index is 2.05. The molecule has 1 saturated carbocycles. The summed E-state index contributed by atoms with van der Waals surface area (Å²) in [6.07, 6.45) is 1.99. The van der Waals surface area contributed by atoms with Gasteiger partial charge in [-0.3, -0.25) is 9.48 Å². The maximum absolute atomic E-state index is 14.2. The Kier molecular flexibility index (Phi) is 2.64. The van der Waals surface area contributed by atoms with Gasteiger partial charge in [0.1, 0.15) is 17.3 Å². The lowest BCUT2D eigenvalue weighted by Crippen LogP contribution is -2.35. The monoisotopic (exact) mass is 318 g/mol. The number of hydrogen-bond donors (Lipinski definition) is 0. The summed E-state index contributed by atoms with van der Waals surface area (Å²) in [5.74, 6) is -0.965. The number of nitrogens with zero attached hydrogens (tertiary/aromatic N) is 2. The van der Waals surface area contributed by atoms with E-state index in [1.54, 1.807) is 11.7 Å². The van der Waals surface area contributed by atoms with Crippen LogP contribution in [0.2, 0.25) is 0 Å². The van der Waals surface area contributed by atoms with Crippen LogP contribution in [0.4, 0.5) is 8.78 Å². The fourth-order valence-electron chi connectivity index (χ4n) is 4.94. The van der Waals surface area contributed by atoms with Gasteiger partial charge in [0.05, 0.1) is 5.69 Å². The first-order chi connectivity index (χ1) is 10.7. The number of fused-ring (bicyclic) bond motifs is 5. The molecule has 1 heterocycles. The van der Waals surface area contributed by atoms with Gasteiger partial charge in [0, 0.05) is 24.1 Å². The van der Waals surface area contributed by atoms with Crippen molar-refractivity contribution >= 4 is 0 Å². The molecular weight excluding hydrogens is 298 g/mol. The Labute approximate surface area is 133 Å². The third kappa shape index (κ3) is 1.51. The second-order valence-electron chi connectivity index (χ2n) is 7.64. The Morgan fingerprint density at radius 3 is 2.57 bits per heavy atom. The fourth-order valence-corrected chi connectivity index (χ4v) is 4.94. The third-order valence-electron chi connectivity index (χ3n) is 6.54. The minimum Gasteiger partial charge on any atom is -0.284 e. The first-order valence-corrected chi connectivity index (χ1v) is 7.98.